The fourth-order valence-electron chi connectivity index (χ4n) is 2.81. The van der Waals surface area contributed by atoms with Crippen LogP contribution in [0, 0.1) is 5.41 Å². The first kappa shape index (κ1) is 17.2. The molecule has 0 bridgehead atoms. The molecule has 130 valence electrons. The molecule has 3 rings (SSSR count). The zero-order chi connectivity index (χ0) is 17.9. The highest BCUT2D eigenvalue weighted by Crippen LogP contribution is 2.44. The minimum absolute atomic E-state index is 0.290. The third kappa shape index (κ3) is 3.44. The van der Waals surface area contributed by atoms with Gasteiger partial charge in [0.2, 0.25) is 5.89 Å². The van der Waals surface area contributed by atoms with E-state index in [1.54, 1.807) is 6.20 Å². The maximum Gasteiger partial charge on any atom is 0.231 e. The van der Waals surface area contributed by atoms with Gasteiger partial charge in [0.25, 0.3) is 0 Å². The Labute approximate surface area is 148 Å². The molecule has 1 unspecified atom stereocenters. The standard InChI is InChI=1S/C21H23NO3/c1-20(2,3)21(23,19-22-13-14-24-19)17-9-11-18(12-10-17)25-15-16-7-5-4-6-8-16/h4-14,23H,15H2,1-3H3. The lowest BCUT2D eigenvalue weighted by atomic mass is 9.72. The first-order valence-corrected chi connectivity index (χ1v) is 8.31. The van der Waals surface area contributed by atoms with Gasteiger partial charge >= 0.3 is 0 Å². The Kier molecular flexibility index (Phi) is 4.64. The minimum atomic E-state index is -1.32. The average Bonchev–Trinajstić information content (AvgIpc) is 3.14. The van der Waals surface area contributed by atoms with E-state index in [1.807, 2.05) is 75.4 Å². The fourth-order valence-corrected chi connectivity index (χ4v) is 2.81. The van der Waals surface area contributed by atoms with E-state index >= 15 is 0 Å². The van der Waals surface area contributed by atoms with E-state index in [-0.39, 0.29) is 5.89 Å². The summed E-state index contributed by atoms with van der Waals surface area (Å²) in [6.45, 7) is 6.37. The average molecular weight is 337 g/mol. The molecule has 0 spiro atoms. The summed E-state index contributed by atoms with van der Waals surface area (Å²) in [7, 11) is 0. The Morgan fingerprint density at radius 2 is 1.68 bits per heavy atom. The van der Waals surface area contributed by atoms with Gasteiger partial charge in [-0.25, -0.2) is 4.98 Å². The first-order valence-electron chi connectivity index (χ1n) is 8.31. The van der Waals surface area contributed by atoms with Crippen LogP contribution in [-0.4, -0.2) is 10.1 Å². The molecule has 1 aromatic heterocycles. The second-order valence-corrected chi connectivity index (χ2v) is 7.10. The van der Waals surface area contributed by atoms with Gasteiger partial charge < -0.3 is 14.3 Å². The molecule has 2 aromatic carbocycles. The lowest BCUT2D eigenvalue weighted by Crippen LogP contribution is -2.41. The molecule has 0 aliphatic heterocycles. The Hall–Kier alpha value is -2.59. The largest absolute Gasteiger partial charge is 0.489 e. The van der Waals surface area contributed by atoms with E-state index < -0.39 is 11.0 Å². The molecule has 4 heteroatoms. The van der Waals surface area contributed by atoms with Gasteiger partial charge in [-0.15, -0.1) is 0 Å². The Balaban J connectivity index is 1.83. The second kappa shape index (κ2) is 6.73. The quantitative estimate of drug-likeness (QED) is 0.743. The Morgan fingerprint density at radius 1 is 1.00 bits per heavy atom. The predicted molar refractivity (Wildman–Crippen MR) is 96.2 cm³/mol. The summed E-state index contributed by atoms with van der Waals surface area (Å²) in [5.74, 6) is 1.04. The van der Waals surface area contributed by atoms with Crippen LogP contribution in [0.1, 0.15) is 37.8 Å². The van der Waals surface area contributed by atoms with Crippen molar-refractivity contribution in [2.45, 2.75) is 33.0 Å². The third-order valence-electron chi connectivity index (χ3n) is 4.35. The van der Waals surface area contributed by atoms with Gasteiger partial charge in [0.15, 0.2) is 5.60 Å². The highest BCUT2D eigenvalue weighted by atomic mass is 16.5. The van der Waals surface area contributed by atoms with Crippen molar-refractivity contribution in [2.24, 2.45) is 5.41 Å². The van der Waals surface area contributed by atoms with Crippen LogP contribution >= 0.6 is 0 Å². The number of benzene rings is 2. The smallest absolute Gasteiger partial charge is 0.231 e. The molecule has 0 saturated heterocycles. The zero-order valence-corrected chi connectivity index (χ0v) is 14.8. The highest BCUT2D eigenvalue weighted by molar-refractivity contribution is 5.36. The zero-order valence-electron chi connectivity index (χ0n) is 14.8. The molecule has 0 aliphatic rings. The summed E-state index contributed by atoms with van der Waals surface area (Å²) < 4.78 is 11.2. The van der Waals surface area contributed by atoms with E-state index in [1.165, 1.54) is 6.26 Å². The molecule has 0 aliphatic carbocycles. The Bertz CT molecular complexity index is 789. The van der Waals surface area contributed by atoms with Crippen LogP contribution in [0.5, 0.6) is 5.75 Å². The molecule has 0 saturated carbocycles. The molecule has 3 aromatic rings. The number of ether oxygens (including phenoxy) is 1. The lowest BCUT2D eigenvalue weighted by Gasteiger charge is -2.38. The highest BCUT2D eigenvalue weighted by Gasteiger charge is 2.47. The number of aromatic nitrogens is 1. The molecule has 1 N–H and O–H groups in total. The molecule has 4 nitrogen and oxygen atoms in total. The van der Waals surface area contributed by atoms with Gasteiger partial charge in [0.1, 0.15) is 18.6 Å². The van der Waals surface area contributed by atoms with Crippen molar-refractivity contribution in [1.29, 1.82) is 0 Å². The van der Waals surface area contributed by atoms with Crippen molar-refractivity contribution in [3.63, 3.8) is 0 Å². The molecule has 25 heavy (non-hydrogen) atoms. The topological polar surface area (TPSA) is 55.5 Å². The van der Waals surface area contributed by atoms with Crippen molar-refractivity contribution < 1.29 is 14.3 Å². The summed E-state index contributed by atoms with van der Waals surface area (Å²) in [5, 5.41) is 11.4. The van der Waals surface area contributed by atoms with Gasteiger partial charge in [-0.1, -0.05) is 63.2 Å². The minimum Gasteiger partial charge on any atom is -0.489 e. The van der Waals surface area contributed by atoms with Crippen LogP contribution in [0.2, 0.25) is 0 Å². The monoisotopic (exact) mass is 337 g/mol. The predicted octanol–water partition coefficient (Wildman–Crippen LogP) is 4.54. The van der Waals surface area contributed by atoms with Gasteiger partial charge in [0.05, 0.1) is 6.20 Å². The van der Waals surface area contributed by atoms with Crippen molar-refractivity contribution in [3.05, 3.63) is 84.1 Å². The normalized spacial score (nSPS) is 14.1. The summed E-state index contributed by atoms with van der Waals surface area (Å²) >= 11 is 0. The van der Waals surface area contributed by atoms with Gasteiger partial charge in [-0.05, 0) is 23.3 Å². The molecule has 0 radical (unpaired) electrons. The third-order valence-corrected chi connectivity index (χ3v) is 4.35. The number of nitrogens with zero attached hydrogens (tertiary/aromatic N) is 1. The van der Waals surface area contributed by atoms with Crippen LogP contribution in [0.25, 0.3) is 0 Å². The first-order chi connectivity index (χ1) is 11.9. The molecule has 0 fully saturated rings. The Morgan fingerprint density at radius 3 is 2.24 bits per heavy atom. The van der Waals surface area contributed by atoms with Crippen LogP contribution in [-0.2, 0) is 12.2 Å². The van der Waals surface area contributed by atoms with Crippen LogP contribution < -0.4 is 4.74 Å². The van der Waals surface area contributed by atoms with E-state index in [0.29, 0.717) is 6.61 Å². The molecule has 1 heterocycles. The van der Waals surface area contributed by atoms with Crippen molar-refractivity contribution >= 4 is 0 Å². The van der Waals surface area contributed by atoms with Gasteiger partial charge in [-0.2, -0.15) is 0 Å². The molecular weight excluding hydrogens is 314 g/mol. The van der Waals surface area contributed by atoms with Crippen molar-refractivity contribution in [2.75, 3.05) is 0 Å². The van der Waals surface area contributed by atoms with Crippen LogP contribution in [0.15, 0.2) is 71.5 Å². The summed E-state index contributed by atoms with van der Waals surface area (Å²) in [4.78, 5) is 4.18. The van der Waals surface area contributed by atoms with E-state index in [4.69, 9.17) is 9.15 Å². The summed E-state index contributed by atoms with van der Waals surface area (Å²) in [6, 6.07) is 17.4. The van der Waals surface area contributed by atoms with Crippen molar-refractivity contribution in [1.82, 2.24) is 4.98 Å². The maximum atomic E-state index is 11.4. The number of hydrogen-bond donors (Lipinski definition) is 1. The number of aliphatic hydroxyl groups is 1. The molecular formula is C21H23NO3. The maximum absolute atomic E-state index is 11.4. The van der Waals surface area contributed by atoms with Crippen LogP contribution in [0.4, 0.5) is 0 Å². The number of hydrogen-bond acceptors (Lipinski definition) is 4. The van der Waals surface area contributed by atoms with E-state index in [9.17, 15) is 5.11 Å². The second-order valence-electron chi connectivity index (χ2n) is 7.10. The fraction of sp³-hybridized carbons (Fsp3) is 0.286. The number of rotatable bonds is 5. The SMILES string of the molecule is CC(C)(C)C(O)(c1ccc(OCc2ccccc2)cc1)c1ncco1. The van der Waals surface area contributed by atoms with E-state index in [2.05, 4.69) is 4.98 Å². The van der Waals surface area contributed by atoms with Crippen molar-refractivity contribution in [3.8, 4) is 5.75 Å². The number of oxazole rings is 1. The summed E-state index contributed by atoms with van der Waals surface area (Å²) in [5.41, 5.74) is 0.00528. The van der Waals surface area contributed by atoms with Crippen LogP contribution in [0.3, 0.4) is 0 Å². The lowest BCUT2D eigenvalue weighted by molar-refractivity contribution is -0.0475. The molecule has 1 atom stereocenters. The molecule has 0 amide bonds. The van der Waals surface area contributed by atoms with Gasteiger partial charge in [-0.3, -0.25) is 0 Å². The summed E-state index contributed by atoms with van der Waals surface area (Å²) in [6.07, 6.45) is 3.02. The van der Waals surface area contributed by atoms with E-state index in [0.717, 1.165) is 16.9 Å². The van der Waals surface area contributed by atoms with Gasteiger partial charge in [0, 0.05) is 5.41 Å².